The minimum absolute atomic E-state index is 0.0370. The summed E-state index contributed by atoms with van der Waals surface area (Å²) in [4.78, 5) is 0. The van der Waals surface area contributed by atoms with Gasteiger partial charge >= 0.3 is 0 Å². The maximum absolute atomic E-state index is 8.67. The van der Waals surface area contributed by atoms with E-state index in [2.05, 4.69) is 0 Å². The molecule has 0 heterocycles. The fourth-order valence-electron chi connectivity index (χ4n) is 0.518. The highest BCUT2D eigenvalue weighted by atomic mass is 32.2. The van der Waals surface area contributed by atoms with Crippen molar-refractivity contribution in [2.24, 2.45) is 0 Å². The normalized spacial score (nSPS) is 9.92. The highest BCUT2D eigenvalue weighted by molar-refractivity contribution is 7.73. The van der Waals surface area contributed by atoms with Gasteiger partial charge in [-0.1, -0.05) is 0 Å². The Kier molecular flexibility index (Phi) is 13.3. The highest BCUT2D eigenvalue weighted by Gasteiger charge is 1.94. The maximum atomic E-state index is 8.67. The third-order valence-corrected chi connectivity index (χ3v) is 0.803. The molecule has 0 aromatic carbocycles. The summed E-state index contributed by atoms with van der Waals surface area (Å²) in [6.45, 7) is 7.25. The predicted octanol–water partition coefficient (Wildman–Crippen LogP) is 1.09. The summed E-state index contributed by atoms with van der Waals surface area (Å²) in [5, 5.41) is 0. The first-order valence-electron chi connectivity index (χ1n) is 3.57. The number of hydrogen-bond donors (Lipinski definition) is 2. The molecule has 0 aliphatic carbocycles. The Morgan fingerprint density at radius 1 is 1.25 bits per heavy atom. The van der Waals surface area contributed by atoms with Crippen LogP contribution in [0.15, 0.2) is 0 Å². The molecule has 0 aliphatic heterocycles. The summed E-state index contributed by atoms with van der Waals surface area (Å²) in [5.41, 5.74) is 0. The lowest BCUT2D eigenvalue weighted by molar-refractivity contribution is -0.123. The molecule has 0 aliphatic rings. The van der Waals surface area contributed by atoms with Crippen molar-refractivity contribution in [2.45, 2.75) is 27.1 Å². The monoisotopic (exact) mass is 200 g/mol. The summed E-state index contributed by atoms with van der Waals surface area (Å²) in [7, 11) is 0. The number of hydrogen-bond acceptors (Lipinski definition) is 3. The SMILES string of the molecule is CCOC(C)OCC.O=S(O)O. The molecule has 0 unspecified atom stereocenters. The Balaban J connectivity index is 0. The molecular formula is C6H16O5S. The van der Waals surface area contributed by atoms with Gasteiger partial charge < -0.3 is 9.47 Å². The van der Waals surface area contributed by atoms with Crippen LogP contribution in [-0.2, 0) is 20.8 Å². The summed E-state index contributed by atoms with van der Waals surface area (Å²) in [6.07, 6.45) is -0.0370. The quantitative estimate of drug-likeness (QED) is 0.524. The van der Waals surface area contributed by atoms with Gasteiger partial charge in [0.05, 0.1) is 0 Å². The van der Waals surface area contributed by atoms with Gasteiger partial charge in [0, 0.05) is 13.2 Å². The Labute approximate surface area is 75.2 Å². The van der Waals surface area contributed by atoms with Crippen LogP contribution in [-0.4, -0.2) is 32.8 Å². The maximum Gasteiger partial charge on any atom is 0.299 e. The summed E-state index contributed by atoms with van der Waals surface area (Å²) >= 11 is -2.61. The molecule has 6 heteroatoms. The molecule has 0 aromatic heterocycles. The van der Waals surface area contributed by atoms with E-state index in [0.29, 0.717) is 0 Å². The van der Waals surface area contributed by atoms with Crippen LogP contribution in [0.25, 0.3) is 0 Å². The first-order valence-corrected chi connectivity index (χ1v) is 4.64. The average Bonchev–Trinajstić information content (AvgIpc) is 1.87. The van der Waals surface area contributed by atoms with E-state index in [1.165, 1.54) is 0 Å². The van der Waals surface area contributed by atoms with Crippen LogP contribution in [0, 0.1) is 0 Å². The van der Waals surface area contributed by atoms with Crippen molar-refractivity contribution >= 4 is 11.4 Å². The molecule has 5 nitrogen and oxygen atoms in total. The number of rotatable bonds is 4. The van der Waals surface area contributed by atoms with Gasteiger partial charge in [0.1, 0.15) is 0 Å². The van der Waals surface area contributed by atoms with E-state index in [1.54, 1.807) is 0 Å². The number of ether oxygens (including phenoxy) is 2. The minimum Gasteiger partial charge on any atom is -0.353 e. The second-order valence-corrected chi connectivity index (χ2v) is 2.17. The van der Waals surface area contributed by atoms with Gasteiger partial charge in [0.2, 0.25) is 0 Å². The standard InChI is InChI=1S/C6H14O2.H2O3S/c1-4-7-6(3)8-5-2;1-4(2)3/h6H,4-5H2,1-3H3;(H2,1,2,3). The van der Waals surface area contributed by atoms with E-state index < -0.39 is 11.4 Å². The van der Waals surface area contributed by atoms with Crippen LogP contribution in [0.3, 0.4) is 0 Å². The van der Waals surface area contributed by atoms with Crippen LogP contribution in [0.1, 0.15) is 20.8 Å². The van der Waals surface area contributed by atoms with Gasteiger partial charge in [-0.3, -0.25) is 9.11 Å². The van der Waals surface area contributed by atoms with E-state index in [9.17, 15) is 0 Å². The molecule has 0 amide bonds. The lowest BCUT2D eigenvalue weighted by atomic mass is 10.7. The third-order valence-electron chi connectivity index (χ3n) is 0.803. The smallest absolute Gasteiger partial charge is 0.299 e. The van der Waals surface area contributed by atoms with Gasteiger partial charge in [-0.05, 0) is 20.8 Å². The second kappa shape index (κ2) is 11.0. The molecule has 0 saturated heterocycles. The molecule has 0 fully saturated rings. The summed E-state index contributed by atoms with van der Waals surface area (Å²) in [5.74, 6) is 0. The topological polar surface area (TPSA) is 76.0 Å². The molecule has 0 saturated carbocycles. The Morgan fingerprint density at radius 2 is 1.50 bits per heavy atom. The molecule has 0 atom stereocenters. The van der Waals surface area contributed by atoms with Gasteiger partial charge in [0.15, 0.2) is 6.29 Å². The van der Waals surface area contributed by atoms with Crippen LogP contribution in [0.2, 0.25) is 0 Å². The zero-order valence-corrected chi connectivity index (χ0v) is 8.34. The fourth-order valence-corrected chi connectivity index (χ4v) is 0.518. The molecule has 0 rings (SSSR count). The Morgan fingerprint density at radius 3 is 1.67 bits per heavy atom. The second-order valence-electron chi connectivity index (χ2n) is 1.71. The van der Waals surface area contributed by atoms with Crippen molar-refractivity contribution in [3.05, 3.63) is 0 Å². The lowest BCUT2D eigenvalue weighted by Crippen LogP contribution is -2.11. The van der Waals surface area contributed by atoms with Gasteiger partial charge in [-0.25, -0.2) is 0 Å². The van der Waals surface area contributed by atoms with Crippen molar-refractivity contribution in [3.8, 4) is 0 Å². The van der Waals surface area contributed by atoms with E-state index >= 15 is 0 Å². The molecule has 2 N–H and O–H groups in total. The zero-order chi connectivity index (χ0) is 9.98. The van der Waals surface area contributed by atoms with E-state index in [-0.39, 0.29) is 6.29 Å². The van der Waals surface area contributed by atoms with E-state index in [0.717, 1.165) is 13.2 Å². The lowest BCUT2D eigenvalue weighted by Gasteiger charge is -2.09. The van der Waals surface area contributed by atoms with Crippen LogP contribution in [0.4, 0.5) is 0 Å². The molecular weight excluding hydrogens is 184 g/mol. The Hall–Kier alpha value is -0.0100. The van der Waals surface area contributed by atoms with Crippen molar-refractivity contribution in [1.29, 1.82) is 0 Å². The van der Waals surface area contributed by atoms with Crippen molar-refractivity contribution < 1.29 is 22.8 Å². The summed E-state index contributed by atoms with van der Waals surface area (Å²) < 4.78 is 33.0. The molecule has 0 spiro atoms. The van der Waals surface area contributed by atoms with Crippen LogP contribution >= 0.6 is 0 Å². The van der Waals surface area contributed by atoms with Crippen molar-refractivity contribution in [3.63, 3.8) is 0 Å². The average molecular weight is 200 g/mol. The van der Waals surface area contributed by atoms with Gasteiger partial charge in [-0.2, -0.15) is 4.21 Å². The van der Waals surface area contributed by atoms with Gasteiger partial charge in [-0.15, -0.1) is 0 Å². The molecule has 12 heavy (non-hydrogen) atoms. The Bertz CT molecular complexity index is 98.1. The van der Waals surface area contributed by atoms with Crippen molar-refractivity contribution in [1.82, 2.24) is 0 Å². The third kappa shape index (κ3) is 22.5. The predicted molar refractivity (Wildman–Crippen MR) is 46.1 cm³/mol. The minimum atomic E-state index is -2.61. The van der Waals surface area contributed by atoms with Crippen LogP contribution in [0.5, 0.6) is 0 Å². The van der Waals surface area contributed by atoms with Crippen molar-refractivity contribution in [2.75, 3.05) is 13.2 Å². The highest BCUT2D eigenvalue weighted by Crippen LogP contribution is 1.90. The largest absolute Gasteiger partial charge is 0.353 e. The molecule has 0 aromatic rings. The molecule has 76 valence electrons. The van der Waals surface area contributed by atoms with E-state index in [1.807, 2.05) is 20.8 Å². The van der Waals surface area contributed by atoms with Crippen LogP contribution < -0.4 is 0 Å². The zero-order valence-electron chi connectivity index (χ0n) is 7.52. The van der Waals surface area contributed by atoms with Gasteiger partial charge in [0.25, 0.3) is 11.4 Å². The molecule has 0 bridgehead atoms. The first kappa shape index (κ1) is 14.5. The summed E-state index contributed by atoms with van der Waals surface area (Å²) in [6, 6.07) is 0. The van der Waals surface area contributed by atoms with E-state index in [4.69, 9.17) is 22.8 Å². The molecule has 0 radical (unpaired) electrons. The fraction of sp³-hybridized carbons (Fsp3) is 1.00. The first-order chi connectivity index (χ1) is 5.54.